The van der Waals surface area contributed by atoms with Crippen molar-refractivity contribution >= 4 is 33.5 Å². The molecule has 0 N–H and O–H groups in total. The predicted octanol–water partition coefficient (Wildman–Crippen LogP) is -7.71. The topological polar surface area (TPSA) is 80.3 Å². The summed E-state index contributed by atoms with van der Waals surface area (Å²) in [5.74, 6) is 0. The molecule has 0 saturated carbocycles. The molecular weight excluding hydrogens is 286 g/mol. The zero-order valence-corrected chi connectivity index (χ0v) is 11.6. The van der Waals surface area contributed by atoms with Crippen molar-refractivity contribution in [2.24, 2.45) is 0 Å². The zero-order chi connectivity index (χ0) is 4.50. The average Bonchev–Trinajstić information content (AvgIpc) is 0.722. The van der Waals surface area contributed by atoms with E-state index in [1.807, 2.05) is 0 Å². The normalized spacial score (nSPS) is 7.25. The molecule has 0 fully saturated rings. The Hall–Kier alpha value is 3.00. The molecular formula is IKMgO4S. The van der Waals surface area contributed by atoms with Crippen LogP contribution in [-0.4, -0.2) is 40.6 Å². The largest absolute Gasteiger partial charge is 2.00 e. The Morgan fingerprint density at radius 1 is 1.12 bits per heavy atom. The number of hydrogen-bond donors (Lipinski definition) is 0. The van der Waals surface area contributed by atoms with E-state index >= 15 is 0 Å². The molecule has 0 bridgehead atoms. The van der Waals surface area contributed by atoms with Crippen molar-refractivity contribution in [2.45, 2.75) is 0 Å². The second-order valence-electron chi connectivity index (χ2n) is 0.408. The Labute approximate surface area is 123 Å². The van der Waals surface area contributed by atoms with Crippen LogP contribution >= 0.6 is 0 Å². The predicted molar refractivity (Wildman–Crippen MR) is 16.2 cm³/mol. The van der Waals surface area contributed by atoms with Crippen molar-refractivity contribution in [3.8, 4) is 0 Å². The van der Waals surface area contributed by atoms with Gasteiger partial charge in [-0.2, -0.15) is 0 Å². The van der Waals surface area contributed by atoms with Crippen LogP contribution < -0.4 is 75.4 Å². The van der Waals surface area contributed by atoms with E-state index in [1.54, 1.807) is 0 Å². The average molecular weight is 286 g/mol. The maximum atomic E-state index is 8.52. The van der Waals surface area contributed by atoms with Gasteiger partial charge < -0.3 is 33.1 Å². The summed E-state index contributed by atoms with van der Waals surface area (Å²) in [5.41, 5.74) is 0. The molecule has 0 saturated heterocycles. The maximum Gasteiger partial charge on any atom is 2.00 e. The first-order valence-electron chi connectivity index (χ1n) is 0.667. The third-order valence-electron chi connectivity index (χ3n) is 0. The van der Waals surface area contributed by atoms with Gasteiger partial charge >= 0.3 is 74.4 Å². The van der Waals surface area contributed by atoms with E-state index in [0.717, 1.165) is 0 Å². The van der Waals surface area contributed by atoms with Gasteiger partial charge in [0.1, 0.15) is 0 Å². The van der Waals surface area contributed by atoms with E-state index < -0.39 is 10.4 Å². The molecule has 8 heteroatoms. The smallest absolute Gasteiger partial charge is 1.00 e. The molecule has 0 aromatic heterocycles. The fraction of sp³-hybridized carbons (Fsp3) is 0. The minimum atomic E-state index is -5.17. The number of rotatable bonds is 0. The van der Waals surface area contributed by atoms with Crippen molar-refractivity contribution in [1.82, 2.24) is 0 Å². The molecule has 0 aromatic carbocycles. The Bertz CT molecular complexity index is 99.2. The van der Waals surface area contributed by atoms with Gasteiger partial charge in [0.15, 0.2) is 0 Å². The first-order chi connectivity index (χ1) is 2.00. The van der Waals surface area contributed by atoms with E-state index in [2.05, 4.69) is 0 Å². The Morgan fingerprint density at radius 2 is 1.12 bits per heavy atom. The van der Waals surface area contributed by atoms with Crippen molar-refractivity contribution in [3.63, 3.8) is 0 Å². The molecule has 8 heavy (non-hydrogen) atoms. The van der Waals surface area contributed by atoms with Crippen molar-refractivity contribution in [3.05, 3.63) is 0 Å². The summed E-state index contributed by atoms with van der Waals surface area (Å²) in [6.45, 7) is 0. The Balaban J connectivity index is -0.0000000267. The molecule has 0 heterocycles. The molecule has 0 aromatic rings. The molecule has 0 aliphatic heterocycles. The van der Waals surface area contributed by atoms with Gasteiger partial charge in [-0.25, -0.2) is 0 Å². The summed E-state index contributed by atoms with van der Waals surface area (Å²) in [5, 5.41) is 0. The van der Waals surface area contributed by atoms with Crippen LogP contribution in [0, 0.1) is 0 Å². The summed E-state index contributed by atoms with van der Waals surface area (Å²) in [4.78, 5) is 0. The first kappa shape index (κ1) is 22.4. The zero-order valence-electron chi connectivity index (χ0n) is 4.13. The van der Waals surface area contributed by atoms with Crippen LogP contribution in [0.25, 0.3) is 0 Å². The maximum absolute atomic E-state index is 8.52. The molecule has 0 radical (unpaired) electrons. The third kappa shape index (κ3) is 63.9. The minimum Gasteiger partial charge on any atom is -1.00 e. The Morgan fingerprint density at radius 3 is 1.12 bits per heavy atom. The van der Waals surface area contributed by atoms with Gasteiger partial charge in [-0.3, -0.25) is 8.42 Å². The van der Waals surface area contributed by atoms with Crippen LogP contribution in [-0.2, 0) is 10.4 Å². The molecule has 40 valence electrons. The van der Waals surface area contributed by atoms with E-state index in [-0.39, 0.29) is 98.4 Å². The second kappa shape index (κ2) is 10.0. The van der Waals surface area contributed by atoms with Crippen molar-refractivity contribution < 1.29 is 92.9 Å². The third-order valence-corrected chi connectivity index (χ3v) is 0. The van der Waals surface area contributed by atoms with Crippen LogP contribution in [0.3, 0.4) is 0 Å². The van der Waals surface area contributed by atoms with Crippen LogP contribution in [0.2, 0.25) is 0 Å². The Kier molecular flexibility index (Phi) is 28.1. The standard InChI is InChI=1S/HI.K.Mg.H2O4S/c;;;1-5(2,3)4/h1H;;;(H2,1,2,3,4)/q;+1;+2;/p-3. The molecule has 4 nitrogen and oxygen atoms in total. The van der Waals surface area contributed by atoms with Crippen LogP contribution in [0.1, 0.15) is 0 Å². The monoisotopic (exact) mass is 286 g/mol. The van der Waals surface area contributed by atoms with Crippen LogP contribution in [0.15, 0.2) is 0 Å². The van der Waals surface area contributed by atoms with Gasteiger partial charge in [0, 0.05) is 10.4 Å². The van der Waals surface area contributed by atoms with Gasteiger partial charge in [0.05, 0.1) is 0 Å². The summed E-state index contributed by atoms with van der Waals surface area (Å²) in [6, 6.07) is 0. The molecule has 0 aliphatic carbocycles. The molecule has 0 amide bonds. The molecule has 0 unspecified atom stereocenters. The number of halogens is 1. The van der Waals surface area contributed by atoms with Gasteiger partial charge in [-0.15, -0.1) is 0 Å². The van der Waals surface area contributed by atoms with E-state index in [4.69, 9.17) is 17.5 Å². The van der Waals surface area contributed by atoms with E-state index in [9.17, 15) is 0 Å². The molecule has 0 rings (SSSR count). The van der Waals surface area contributed by atoms with Crippen LogP contribution in [0.5, 0.6) is 0 Å². The van der Waals surface area contributed by atoms with E-state index in [1.165, 1.54) is 0 Å². The molecule has 0 atom stereocenters. The van der Waals surface area contributed by atoms with Gasteiger partial charge in [-0.1, -0.05) is 0 Å². The summed E-state index contributed by atoms with van der Waals surface area (Å²) >= 11 is 0. The fourth-order valence-corrected chi connectivity index (χ4v) is 0. The second-order valence-corrected chi connectivity index (χ2v) is 1.22. The van der Waals surface area contributed by atoms with Crippen molar-refractivity contribution in [2.75, 3.05) is 0 Å². The summed E-state index contributed by atoms with van der Waals surface area (Å²) < 4.78 is 34.1. The molecule has 0 spiro atoms. The van der Waals surface area contributed by atoms with Gasteiger partial charge in [0.2, 0.25) is 0 Å². The number of hydrogen-bond acceptors (Lipinski definition) is 4. The van der Waals surface area contributed by atoms with Gasteiger partial charge in [0.25, 0.3) is 0 Å². The minimum absolute atomic E-state index is 0. The molecule has 0 aliphatic rings. The van der Waals surface area contributed by atoms with E-state index in [0.29, 0.717) is 0 Å². The fourth-order valence-electron chi connectivity index (χ4n) is 0. The van der Waals surface area contributed by atoms with Gasteiger partial charge in [-0.05, 0) is 0 Å². The summed E-state index contributed by atoms with van der Waals surface area (Å²) in [7, 11) is -5.17. The first-order valence-corrected chi connectivity index (χ1v) is 2.00. The van der Waals surface area contributed by atoms with Crippen LogP contribution in [0.4, 0.5) is 0 Å². The summed E-state index contributed by atoms with van der Waals surface area (Å²) in [6.07, 6.45) is 0. The van der Waals surface area contributed by atoms with Crippen molar-refractivity contribution in [1.29, 1.82) is 0 Å². The SMILES string of the molecule is O=S(=O)([O-])[O-].[I-].[K+].[Mg+2]. The quantitative estimate of drug-likeness (QED) is 0.192.